The van der Waals surface area contributed by atoms with E-state index in [9.17, 15) is 18.8 Å². The zero-order valence-electron chi connectivity index (χ0n) is 26.6. The molecule has 4 N–H and O–H groups in total. The summed E-state index contributed by atoms with van der Waals surface area (Å²) in [6.07, 6.45) is 1.42. The molecule has 2 heterocycles. The van der Waals surface area contributed by atoms with Gasteiger partial charge in [0.25, 0.3) is 11.1 Å². The Balaban J connectivity index is 0.00000101. The fourth-order valence-electron chi connectivity index (χ4n) is 4.30. The van der Waals surface area contributed by atoms with Crippen LogP contribution in [-0.2, 0) is 0 Å². The number of aryl methyl sites for hydroxylation is 2. The second-order valence-electron chi connectivity index (χ2n) is 9.06. The molecule has 0 atom stereocenters. The van der Waals surface area contributed by atoms with Crippen LogP contribution in [0.1, 0.15) is 78.5 Å². The molecule has 0 bridgehead atoms. The third kappa shape index (κ3) is 7.97. The summed E-state index contributed by atoms with van der Waals surface area (Å²) in [7, 11) is 0. The lowest BCUT2D eigenvalue weighted by Gasteiger charge is -2.19. The van der Waals surface area contributed by atoms with E-state index in [0.717, 1.165) is 17.8 Å². The second kappa shape index (κ2) is 16.7. The Bertz CT molecular complexity index is 1690. The molecule has 1 fully saturated rings. The highest BCUT2D eigenvalue weighted by Gasteiger charge is 2.31. The van der Waals surface area contributed by atoms with Crippen molar-refractivity contribution in [3.8, 4) is 5.69 Å². The summed E-state index contributed by atoms with van der Waals surface area (Å²) in [5.74, 6) is -0.485. The molecule has 0 amide bonds. The first-order valence-corrected chi connectivity index (χ1v) is 15.8. The van der Waals surface area contributed by atoms with Gasteiger partial charge in [-0.3, -0.25) is 18.7 Å². The van der Waals surface area contributed by atoms with E-state index in [2.05, 4.69) is 19.7 Å². The Kier molecular flexibility index (Phi) is 13.7. The molecule has 2 aromatic carbocycles. The monoisotopic (exact) mass is 612 g/mol. The van der Waals surface area contributed by atoms with E-state index in [-0.39, 0.29) is 34.0 Å². The third-order valence-electron chi connectivity index (χ3n) is 6.26. The highest BCUT2D eigenvalue weighted by atomic mass is 32.2. The summed E-state index contributed by atoms with van der Waals surface area (Å²) < 4.78 is 23.6. The van der Waals surface area contributed by atoms with Gasteiger partial charge in [0.2, 0.25) is 0 Å². The van der Waals surface area contributed by atoms with E-state index in [0.29, 0.717) is 18.5 Å². The third-order valence-corrected chi connectivity index (χ3v) is 7.03. The first-order valence-electron chi connectivity index (χ1n) is 15.0. The molecule has 0 saturated heterocycles. The zero-order valence-corrected chi connectivity index (χ0v) is 27.5. The number of benzene rings is 2. The average Bonchev–Trinajstić information content (AvgIpc) is 3.86. The molecule has 0 aliphatic heterocycles. The molecule has 234 valence electrons. The van der Waals surface area contributed by atoms with Gasteiger partial charge in [-0.2, -0.15) is 0 Å². The minimum atomic E-state index is -0.526. The smallest absolute Gasteiger partial charge is 0.336 e. The normalized spacial score (nSPS) is 11.8. The van der Waals surface area contributed by atoms with Crippen molar-refractivity contribution in [3.63, 3.8) is 0 Å². The van der Waals surface area contributed by atoms with Crippen molar-refractivity contribution in [1.82, 2.24) is 18.8 Å². The van der Waals surface area contributed by atoms with Gasteiger partial charge in [0.05, 0.1) is 16.9 Å². The van der Waals surface area contributed by atoms with Gasteiger partial charge >= 0.3 is 5.69 Å². The van der Waals surface area contributed by atoms with Gasteiger partial charge in [0.15, 0.2) is 0 Å². The number of hydrogen-bond acceptors (Lipinski definition) is 7. The van der Waals surface area contributed by atoms with E-state index in [4.69, 9.17) is 0 Å². The standard InChI is InChI=1S/C26H27FN6O3S.3C2H6/c1-4-28-37-31-16-6-5-7-18(13-16)32-22-15(3)24(34)30-23(29-20-11-8-14(2)12-19(20)27)21(22)25(35)33(26(32)36)17-9-10-17;3*1-2/h5-8,11-13,17,28,31H,4,9-10H2,1-3H3,(H2,29,30,34);3*1-2H3. The summed E-state index contributed by atoms with van der Waals surface area (Å²) in [6.45, 7) is 18.1. The van der Waals surface area contributed by atoms with E-state index >= 15 is 0 Å². The summed E-state index contributed by atoms with van der Waals surface area (Å²) in [5, 5.41) is 3.01. The number of rotatable bonds is 8. The highest BCUT2D eigenvalue weighted by Crippen LogP contribution is 2.34. The number of anilines is 3. The maximum Gasteiger partial charge on any atom is 0.336 e. The number of aromatic nitrogens is 3. The first kappa shape index (κ1) is 35.4. The first-order chi connectivity index (χ1) is 20.8. The molecule has 0 unspecified atom stereocenters. The molecular formula is C32H45FN6O3S. The molecular weight excluding hydrogens is 567 g/mol. The van der Waals surface area contributed by atoms with Crippen molar-refractivity contribution >= 4 is 40.2 Å². The molecule has 4 aromatic rings. The largest absolute Gasteiger partial charge is 0.339 e. The van der Waals surface area contributed by atoms with E-state index in [1.807, 2.05) is 54.5 Å². The van der Waals surface area contributed by atoms with Crippen LogP contribution >= 0.6 is 12.1 Å². The van der Waals surface area contributed by atoms with E-state index in [1.54, 1.807) is 44.2 Å². The second-order valence-corrected chi connectivity index (χ2v) is 9.76. The Morgan fingerprint density at radius 2 is 1.65 bits per heavy atom. The molecule has 11 heteroatoms. The maximum absolute atomic E-state index is 14.7. The van der Waals surface area contributed by atoms with Gasteiger partial charge in [0, 0.05) is 36.0 Å². The minimum absolute atomic E-state index is 0.0403. The number of nitrogens with one attached hydrogen (secondary N) is 4. The summed E-state index contributed by atoms with van der Waals surface area (Å²) >= 11 is 1.31. The average molecular weight is 613 g/mol. The lowest BCUT2D eigenvalue weighted by Crippen LogP contribution is -2.40. The lowest BCUT2D eigenvalue weighted by atomic mass is 10.1. The zero-order chi connectivity index (χ0) is 32.3. The molecule has 2 aromatic heterocycles. The summed E-state index contributed by atoms with van der Waals surface area (Å²) in [5.41, 5.74) is 0.927. The van der Waals surface area contributed by atoms with Crippen LogP contribution in [0.2, 0.25) is 0 Å². The van der Waals surface area contributed by atoms with Crippen molar-refractivity contribution in [2.75, 3.05) is 16.6 Å². The number of fused-ring (bicyclic) bond motifs is 1. The van der Waals surface area contributed by atoms with Gasteiger partial charge in [-0.1, -0.05) is 60.6 Å². The molecule has 1 aliphatic rings. The Morgan fingerprint density at radius 3 is 2.26 bits per heavy atom. The van der Waals surface area contributed by atoms with Crippen LogP contribution in [0.5, 0.6) is 0 Å². The van der Waals surface area contributed by atoms with Crippen LogP contribution in [-0.4, -0.2) is 20.7 Å². The van der Waals surface area contributed by atoms with Gasteiger partial charge in [-0.05, 0) is 62.6 Å². The van der Waals surface area contributed by atoms with Crippen molar-refractivity contribution in [2.24, 2.45) is 0 Å². The van der Waals surface area contributed by atoms with Crippen LogP contribution in [0, 0.1) is 19.7 Å². The molecule has 1 aliphatic carbocycles. The van der Waals surface area contributed by atoms with Gasteiger partial charge < -0.3 is 15.0 Å². The fraction of sp³-hybridized carbons (Fsp3) is 0.406. The number of pyridine rings is 1. The van der Waals surface area contributed by atoms with E-state index in [1.165, 1.54) is 27.3 Å². The van der Waals surface area contributed by atoms with Gasteiger partial charge in [-0.15, -0.1) is 0 Å². The number of hydrogen-bond donors (Lipinski definition) is 4. The van der Waals surface area contributed by atoms with Gasteiger partial charge in [-0.25, -0.2) is 13.9 Å². The van der Waals surface area contributed by atoms with Crippen LogP contribution < -0.4 is 31.6 Å². The number of aromatic amines is 1. The quantitative estimate of drug-likeness (QED) is 0.122. The Labute approximate surface area is 257 Å². The predicted octanol–water partition coefficient (Wildman–Crippen LogP) is 7.34. The molecule has 0 spiro atoms. The number of H-pyrrole nitrogens is 1. The topological polar surface area (TPSA) is 113 Å². The summed E-state index contributed by atoms with van der Waals surface area (Å²) in [6, 6.07) is 11.6. The van der Waals surface area contributed by atoms with Crippen molar-refractivity contribution in [1.29, 1.82) is 0 Å². The molecule has 0 radical (unpaired) electrons. The molecule has 9 nitrogen and oxygen atoms in total. The van der Waals surface area contributed by atoms with Crippen molar-refractivity contribution in [3.05, 3.63) is 90.6 Å². The van der Waals surface area contributed by atoms with Gasteiger partial charge in [0.1, 0.15) is 17.0 Å². The van der Waals surface area contributed by atoms with Crippen LogP contribution in [0.15, 0.2) is 56.8 Å². The Morgan fingerprint density at radius 1 is 0.977 bits per heavy atom. The lowest BCUT2D eigenvalue weighted by molar-refractivity contribution is 0.630. The molecule has 5 rings (SSSR count). The van der Waals surface area contributed by atoms with Crippen molar-refractivity contribution in [2.45, 2.75) is 81.2 Å². The van der Waals surface area contributed by atoms with Crippen molar-refractivity contribution < 1.29 is 4.39 Å². The van der Waals surface area contributed by atoms with Crippen LogP contribution in [0.4, 0.5) is 21.6 Å². The SMILES string of the molecule is CC.CC.CC.CCNSNc1cccc(-n2c(=O)n(C3CC3)c(=O)c3c(Nc4ccc(C)cc4F)[nH]c(=O)c(C)c32)c1. The fourth-order valence-corrected chi connectivity index (χ4v) is 4.76. The van der Waals surface area contributed by atoms with Crippen LogP contribution in [0.25, 0.3) is 16.6 Å². The van der Waals surface area contributed by atoms with Crippen LogP contribution in [0.3, 0.4) is 0 Å². The number of nitrogens with zero attached hydrogens (tertiary/aromatic N) is 2. The molecule has 43 heavy (non-hydrogen) atoms. The maximum atomic E-state index is 14.7. The minimum Gasteiger partial charge on any atom is -0.339 e. The van der Waals surface area contributed by atoms with E-state index < -0.39 is 22.6 Å². The predicted molar refractivity (Wildman–Crippen MR) is 181 cm³/mol. The highest BCUT2D eigenvalue weighted by molar-refractivity contribution is 7.98. The Hall–Kier alpha value is -3.83. The number of halogens is 1. The summed E-state index contributed by atoms with van der Waals surface area (Å²) in [4.78, 5) is 43.2. The molecule has 1 saturated carbocycles.